The molecule has 0 radical (unpaired) electrons. The first-order valence-electron chi connectivity index (χ1n) is 5.97. The second-order valence-corrected chi connectivity index (χ2v) is 4.99. The fourth-order valence-corrected chi connectivity index (χ4v) is 1.97. The van der Waals surface area contributed by atoms with Crippen LogP contribution in [0.5, 0.6) is 5.88 Å². The van der Waals surface area contributed by atoms with E-state index in [4.69, 9.17) is 14.4 Å². The largest absolute Gasteiger partial charge is 0.472 e. The normalized spacial score (nSPS) is 12.0. The quantitative estimate of drug-likeness (QED) is 0.856. The van der Waals surface area contributed by atoms with Gasteiger partial charge in [-0.25, -0.2) is 9.18 Å². The van der Waals surface area contributed by atoms with E-state index in [0.29, 0.717) is 10.2 Å². The van der Waals surface area contributed by atoms with Crippen molar-refractivity contribution in [2.45, 2.75) is 13.0 Å². The molecule has 1 aromatic heterocycles. The van der Waals surface area contributed by atoms with Crippen LogP contribution >= 0.6 is 15.9 Å². The summed E-state index contributed by atoms with van der Waals surface area (Å²) in [5.41, 5.74) is 0.191. The Bertz CT molecular complexity index is 647. The van der Waals surface area contributed by atoms with Crippen molar-refractivity contribution in [2.75, 3.05) is 6.61 Å². The van der Waals surface area contributed by atoms with Crippen LogP contribution in [-0.2, 0) is 0 Å². The molecule has 8 heteroatoms. The third-order valence-electron chi connectivity index (χ3n) is 2.73. The molecule has 2 aromatic rings. The molecular formula is C13H12BrFN2O4. The minimum absolute atomic E-state index is 0.127. The maximum Gasteiger partial charge on any atom is 0.405 e. The van der Waals surface area contributed by atoms with Gasteiger partial charge in [0.15, 0.2) is 5.76 Å². The average molecular weight is 359 g/mol. The molecule has 0 aliphatic heterocycles. The lowest BCUT2D eigenvalue weighted by molar-refractivity contribution is 0.178. The topological polar surface area (TPSA) is 84.6 Å². The van der Waals surface area contributed by atoms with Crippen molar-refractivity contribution >= 4 is 22.0 Å². The van der Waals surface area contributed by atoms with Crippen molar-refractivity contribution in [3.05, 3.63) is 45.9 Å². The Morgan fingerprint density at radius 2 is 2.29 bits per heavy atom. The number of carbonyl (C=O) groups is 1. The van der Waals surface area contributed by atoms with Crippen LogP contribution in [0.15, 0.2) is 33.3 Å². The van der Waals surface area contributed by atoms with Gasteiger partial charge in [-0.05, 0) is 34.1 Å². The zero-order valence-corrected chi connectivity index (χ0v) is 12.6. The number of amides is 1. The van der Waals surface area contributed by atoms with Crippen LogP contribution in [0, 0.1) is 12.7 Å². The van der Waals surface area contributed by atoms with Crippen LogP contribution in [0.25, 0.3) is 0 Å². The molecule has 6 nitrogen and oxygen atoms in total. The number of nitrogens with one attached hydrogen (secondary N) is 1. The van der Waals surface area contributed by atoms with Gasteiger partial charge in [-0.2, -0.15) is 0 Å². The molecule has 21 heavy (non-hydrogen) atoms. The lowest BCUT2D eigenvalue weighted by Crippen LogP contribution is -2.31. The van der Waals surface area contributed by atoms with E-state index in [9.17, 15) is 9.18 Å². The standard InChI is InChI=1S/C13H12BrFN2O4/c1-7-11(14)12(17-21-7)20-6-10(16-13(18)19)8-4-2-3-5-9(8)15/h2-5,10,16H,6H2,1H3,(H,18,19). The van der Waals surface area contributed by atoms with Gasteiger partial charge in [0.1, 0.15) is 16.9 Å². The Labute approximate surface area is 128 Å². The van der Waals surface area contributed by atoms with E-state index in [2.05, 4.69) is 26.4 Å². The van der Waals surface area contributed by atoms with E-state index >= 15 is 0 Å². The van der Waals surface area contributed by atoms with Gasteiger partial charge >= 0.3 is 6.09 Å². The monoisotopic (exact) mass is 358 g/mol. The summed E-state index contributed by atoms with van der Waals surface area (Å²) >= 11 is 3.23. The summed E-state index contributed by atoms with van der Waals surface area (Å²) in [6, 6.07) is 5.01. The maximum absolute atomic E-state index is 13.8. The molecule has 2 N–H and O–H groups in total. The molecule has 112 valence electrons. The number of hydrogen-bond donors (Lipinski definition) is 2. The molecule has 1 aromatic carbocycles. The summed E-state index contributed by atoms with van der Waals surface area (Å²) in [5, 5.41) is 14.7. The summed E-state index contributed by atoms with van der Waals surface area (Å²) in [5.74, 6) is 0.190. The zero-order chi connectivity index (χ0) is 15.4. The molecule has 0 aliphatic carbocycles. The SMILES string of the molecule is Cc1onc(OCC(NC(=O)O)c2ccccc2F)c1Br. The lowest BCUT2D eigenvalue weighted by Gasteiger charge is -2.17. The van der Waals surface area contributed by atoms with Crippen molar-refractivity contribution in [1.82, 2.24) is 10.5 Å². The first-order chi connectivity index (χ1) is 9.99. The molecule has 0 bridgehead atoms. The average Bonchev–Trinajstić information content (AvgIpc) is 2.75. The molecule has 0 spiro atoms. The van der Waals surface area contributed by atoms with E-state index in [1.807, 2.05) is 0 Å². The highest BCUT2D eigenvalue weighted by molar-refractivity contribution is 9.10. The molecule has 0 fully saturated rings. The predicted octanol–water partition coefficient (Wildman–Crippen LogP) is 3.27. The lowest BCUT2D eigenvalue weighted by atomic mass is 10.1. The third kappa shape index (κ3) is 3.72. The van der Waals surface area contributed by atoms with Crippen molar-refractivity contribution < 1.29 is 23.6 Å². The second kappa shape index (κ2) is 6.57. The van der Waals surface area contributed by atoms with Gasteiger partial charge in [0, 0.05) is 5.56 Å². The van der Waals surface area contributed by atoms with Crippen LogP contribution < -0.4 is 10.1 Å². The smallest absolute Gasteiger partial charge is 0.405 e. The van der Waals surface area contributed by atoms with Gasteiger partial charge in [0.25, 0.3) is 5.88 Å². The van der Waals surface area contributed by atoms with Gasteiger partial charge in [0.2, 0.25) is 0 Å². The Morgan fingerprint density at radius 3 is 2.86 bits per heavy atom. The zero-order valence-electron chi connectivity index (χ0n) is 11.0. The fourth-order valence-electron chi connectivity index (χ4n) is 1.71. The van der Waals surface area contributed by atoms with Crippen LogP contribution in [0.3, 0.4) is 0 Å². The number of aryl methyl sites for hydroxylation is 1. The predicted molar refractivity (Wildman–Crippen MR) is 74.7 cm³/mol. The summed E-state index contributed by atoms with van der Waals surface area (Å²) in [6.45, 7) is 1.56. The van der Waals surface area contributed by atoms with Gasteiger partial charge in [-0.1, -0.05) is 18.2 Å². The minimum atomic E-state index is -1.28. The van der Waals surface area contributed by atoms with Crippen molar-refractivity contribution in [2.24, 2.45) is 0 Å². The van der Waals surface area contributed by atoms with Gasteiger partial charge in [-0.15, -0.1) is 0 Å². The highest BCUT2D eigenvalue weighted by atomic mass is 79.9. The van der Waals surface area contributed by atoms with E-state index in [-0.39, 0.29) is 18.1 Å². The van der Waals surface area contributed by atoms with E-state index in [0.717, 1.165) is 0 Å². The molecule has 0 saturated heterocycles. The molecule has 1 amide bonds. The van der Waals surface area contributed by atoms with Gasteiger partial charge in [0.05, 0.1) is 6.04 Å². The van der Waals surface area contributed by atoms with E-state index in [1.54, 1.807) is 13.0 Å². The number of nitrogens with zero attached hydrogens (tertiary/aromatic N) is 1. The Morgan fingerprint density at radius 1 is 1.57 bits per heavy atom. The number of hydrogen-bond acceptors (Lipinski definition) is 4. The van der Waals surface area contributed by atoms with Crippen molar-refractivity contribution in [1.29, 1.82) is 0 Å². The number of carboxylic acid groups (broad SMARTS) is 1. The van der Waals surface area contributed by atoms with Gasteiger partial charge < -0.3 is 19.7 Å². The number of ether oxygens (including phenoxy) is 1. The van der Waals surface area contributed by atoms with E-state index < -0.39 is 18.0 Å². The van der Waals surface area contributed by atoms with E-state index in [1.165, 1.54) is 18.2 Å². The molecule has 0 aliphatic rings. The fraction of sp³-hybridized carbons (Fsp3) is 0.231. The van der Waals surface area contributed by atoms with Crippen molar-refractivity contribution in [3.63, 3.8) is 0 Å². The summed E-state index contributed by atoms with van der Waals surface area (Å²) < 4.78 is 24.6. The number of halogens is 2. The molecule has 0 saturated carbocycles. The molecule has 2 rings (SSSR count). The highest BCUT2D eigenvalue weighted by Crippen LogP contribution is 2.28. The first kappa shape index (κ1) is 15.3. The number of rotatable bonds is 5. The summed E-state index contributed by atoms with van der Waals surface area (Å²) in [4.78, 5) is 10.8. The highest BCUT2D eigenvalue weighted by Gasteiger charge is 2.20. The maximum atomic E-state index is 13.8. The third-order valence-corrected chi connectivity index (χ3v) is 3.62. The Kier molecular flexibility index (Phi) is 4.79. The van der Waals surface area contributed by atoms with Crippen LogP contribution in [0.1, 0.15) is 17.4 Å². The Balaban J connectivity index is 2.16. The minimum Gasteiger partial charge on any atom is -0.472 e. The van der Waals surface area contributed by atoms with Crippen molar-refractivity contribution in [3.8, 4) is 5.88 Å². The van der Waals surface area contributed by atoms with Crippen LogP contribution in [0.4, 0.5) is 9.18 Å². The molecule has 1 unspecified atom stereocenters. The summed E-state index contributed by atoms with van der Waals surface area (Å²) in [6.07, 6.45) is -1.28. The van der Waals surface area contributed by atoms with Gasteiger partial charge in [-0.3, -0.25) is 0 Å². The molecule has 1 heterocycles. The summed E-state index contributed by atoms with van der Waals surface area (Å²) in [7, 11) is 0. The van der Waals surface area contributed by atoms with Crippen LogP contribution in [-0.4, -0.2) is 23.0 Å². The molecular weight excluding hydrogens is 347 g/mol. The van der Waals surface area contributed by atoms with Crippen LogP contribution in [0.2, 0.25) is 0 Å². The number of aromatic nitrogens is 1. The first-order valence-corrected chi connectivity index (χ1v) is 6.76. The second-order valence-electron chi connectivity index (χ2n) is 4.19. The Hall–Kier alpha value is -2.09. The molecule has 1 atom stereocenters. The number of benzene rings is 1.